The van der Waals surface area contributed by atoms with Gasteiger partial charge in [-0.15, -0.1) is 0 Å². The van der Waals surface area contributed by atoms with E-state index in [-0.39, 0.29) is 5.56 Å². The van der Waals surface area contributed by atoms with E-state index in [1.807, 2.05) is 6.92 Å². The Hall–Kier alpha value is -2.84. The molecule has 7 nitrogen and oxygen atoms in total. The molecule has 150 valence electrons. The molecule has 1 unspecified atom stereocenters. The summed E-state index contributed by atoms with van der Waals surface area (Å²) in [5, 5.41) is 5.20. The topological polar surface area (TPSA) is 93.1 Å². The highest BCUT2D eigenvalue weighted by molar-refractivity contribution is 8.00. The fourth-order valence-electron chi connectivity index (χ4n) is 2.73. The van der Waals surface area contributed by atoms with Crippen LogP contribution < -0.4 is 16.2 Å². The van der Waals surface area contributed by atoms with E-state index in [1.165, 1.54) is 11.6 Å². The minimum atomic E-state index is -0.675. The van der Waals surface area contributed by atoms with Crippen molar-refractivity contribution in [3.05, 3.63) is 63.4 Å². The van der Waals surface area contributed by atoms with Gasteiger partial charge in [-0.3, -0.25) is 19.5 Å². The zero-order chi connectivity index (χ0) is 21.1. The van der Waals surface area contributed by atoms with Gasteiger partial charge >= 0.3 is 6.03 Å². The molecule has 0 aliphatic carbocycles. The maximum Gasteiger partial charge on any atom is 0.321 e. The molecular formula is C20H19ClN4O3S. The van der Waals surface area contributed by atoms with Crippen LogP contribution in [0.4, 0.5) is 4.79 Å². The van der Waals surface area contributed by atoms with E-state index in [9.17, 15) is 14.4 Å². The first kappa shape index (κ1) is 20.9. The first-order valence-corrected chi connectivity index (χ1v) is 10.1. The van der Waals surface area contributed by atoms with Crippen molar-refractivity contribution in [2.24, 2.45) is 0 Å². The Morgan fingerprint density at radius 1 is 1.17 bits per heavy atom. The number of imide groups is 1. The van der Waals surface area contributed by atoms with Crippen LogP contribution in [0.2, 0.25) is 5.02 Å². The zero-order valence-corrected chi connectivity index (χ0v) is 17.6. The molecule has 0 bridgehead atoms. The minimum absolute atomic E-state index is 0.262. The van der Waals surface area contributed by atoms with Crippen LogP contribution >= 0.6 is 23.4 Å². The summed E-state index contributed by atoms with van der Waals surface area (Å²) >= 11 is 7.35. The molecule has 0 aliphatic heterocycles. The van der Waals surface area contributed by atoms with Gasteiger partial charge in [0.1, 0.15) is 0 Å². The largest absolute Gasteiger partial charge is 0.341 e. The molecule has 0 saturated heterocycles. The summed E-state index contributed by atoms with van der Waals surface area (Å²) in [6, 6.07) is 11.7. The maximum absolute atomic E-state index is 13.3. The Kier molecular flexibility index (Phi) is 6.24. The fraction of sp³-hybridized carbons (Fsp3) is 0.200. The number of benzene rings is 2. The van der Waals surface area contributed by atoms with Crippen LogP contribution in [0.3, 0.4) is 0 Å². The number of aromatic nitrogens is 2. The molecule has 3 rings (SSSR count). The molecule has 0 radical (unpaired) electrons. The minimum Gasteiger partial charge on any atom is -0.341 e. The Morgan fingerprint density at radius 3 is 2.62 bits per heavy atom. The Balaban J connectivity index is 2.15. The molecule has 1 aromatic heterocycles. The van der Waals surface area contributed by atoms with Gasteiger partial charge in [0.05, 0.1) is 21.8 Å². The van der Waals surface area contributed by atoms with Gasteiger partial charge in [0, 0.05) is 12.1 Å². The third-order valence-electron chi connectivity index (χ3n) is 4.34. The van der Waals surface area contributed by atoms with Gasteiger partial charge in [-0.1, -0.05) is 41.6 Å². The second kappa shape index (κ2) is 8.67. The van der Waals surface area contributed by atoms with Gasteiger partial charge in [0.15, 0.2) is 5.16 Å². The number of hydrogen-bond acceptors (Lipinski definition) is 5. The summed E-state index contributed by atoms with van der Waals surface area (Å²) in [5.74, 6) is -0.494. The highest BCUT2D eigenvalue weighted by Crippen LogP contribution is 2.28. The van der Waals surface area contributed by atoms with E-state index in [1.54, 1.807) is 49.4 Å². The molecule has 0 saturated carbocycles. The van der Waals surface area contributed by atoms with Crippen LogP contribution in [0, 0.1) is 6.92 Å². The lowest BCUT2D eigenvalue weighted by atomic mass is 10.2. The number of nitrogens with zero attached hydrogens (tertiary/aromatic N) is 2. The van der Waals surface area contributed by atoms with Crippen molar-refractivity contribution in [1.82, 2.24) is 20.2 Å². The van der Waals surface area contributed by atoms with Gasteiger partial charge in [-0.2, -0.15) is 0 Å². The number of carbonyl (C=O) groups is 2. The first-order valence-electron chi connectivity index (χ1n) is 8.80. The van der Waals surface area contributed by atoms with Crippen LogP contribution in [0.1, 0.15) is 12.5 Å². The number of nitrogens with one attached hydrogen (secondary N) is 2. The molecule has 3 amide bonds. The van der Waals surface area contributed by atoms with Crippen LogP contribution in [0.15, 0.2) is 52.4 Å². The fourth-order valence-corrected chi connectivity index (χ4v) is 3.82. The van der Waals surface area contributed by atoms with Gasteiger partial charge in [-0.05, 0) is 43.7 Å². The van der Waals surface area contributed by atoms with Crippen molar-refractivity contribution >= 4 is 46.2 Å². The average molecular weight is 431 g/mol. The lowest BCUT2D eigenvalue weighted by molar-refractivity contribution is -0.119. The van der Waals surface area contributed by atoms with E-state index in [0.717, 1.165) is 17.3 Å². The normalized spacial score (nSPS) is 11.9. The summed E-state index contributed by atoms with van der Waals surface area (Å²) in [4.78, 5) is 41.6. The number of thioether (sulfide) groups is 1. The molecule has 9 heteroatoms. The predicted molar refractivity (Wildman–Crippen MR) is 115 cm³/mol. The highest BCUT2D eigenvalue weighted by atomic mass is 35.5. The van der Waals surface area contributed by atoms with Crippen molar-refractivity contribution in [1.29, 1.82) is 0 Å². The molecular weight excluding hydrogens is 412 g/mol. The van der Waals surface area contributed by atoms with E-state index in [0.29, 0.717) is 26.8 Å². The third-order valence-corrected chi connectivity index (χ3v) is 5.80. The van der Waals surface area contributed by atoms with Crippen LogP contribution in [0.25, 0.3) is 16.6 Å². The van der Waals surface area contributed by atoms with Crippen molar-refractivity contribution in [3.63, 3.8) is 0 Å². The number of urea groups is 1. The van der Waals surface area contributed by atoms with Crippen LogP contribution in [0.5, 0.6) is 0 Å². The highest BCUT2D eigenvalue weighted by Gasteiger charge is 2.22. The summed E-state index contributed by atoms with van der Waals surface area (Å²) < 4.78 is 1.46. The van der Waals surface area contributed by atoms with Gasteiger partial charge in [0.2, 0.25) is 5.91 Å². The van der Waals surface area contributed by atoms with Gasteiger partial charge in [0.25, 0.3) is 5.56 Å². The lowest BCUT2D eigenvalue weighted by Gasteiger charge is -2.18. The number of carbonyl (C=O) groups excluding carboxylic acids is 2. The van der Waals surface area contributed by atoms with Crippen molar-refractivity contribution < 1.29 is 9.59 Å². The molecule has 1 heterocycles. The van der Waals surface area contributed by atoms with E-state index in [4.69, 9.17) is 11.6 Å². The number of amides is 3. The van der Waals surface area contributed by atoms with E-state index < -0.39 is 17.2 Å². The predicted octanol–water partition coefficient (Wildman–Crippen LogP) is 3.28. The molecule has 0 spiro atoms. The van der Waals surface area contributed by atoms with Crippen molar-refractivity contribution in [2.45, 2.75) is 24.3 Å². The number of fused-ring (bicyclic) bond motifs is 1. The molecule has 0 aliphatic rings. The quantitative estimate of drug-likeness (QED) is 0.489. The summed E-state index contributed by atoms with van der Waals surface area (Å²) in [6.45, 7) is 3.45. The maximum atomic E-state index is 13.3. The summed E-state index contributed by atoms with van der Waals surface area (Å²) in [7, 11) is 1.42. The van der Waals surface area contributed by atoms with E-state index in [2.05, 4.69) is 15.6 Å². The SMILES string of the molecule is CNC(=O)NC(=O)C(C)Sc1nc2ccccc2c(=O)n1-c1cccc(Cl)c1C. The number of para-hydroxylation sites is 1. The van der Waals surface area contributed by atoms with Crippen LogP contribution in [-0.4, -0.2) is 33.8 Å². The van der Waals surface area contributed by atoms with Crippen molar-refractivity contribution in [2.75, 3.05) is 7.05 Å². The Labute approximate surface area is 176 Å². The smallest absolute Gasteiger partial charge is 0.321 e. The van der Waals surface area contributed by atoms with Gasteiger partial charge < -0.3 is 5.32 Å². The monoisotopic (exact) mass is 430 g/mol. The molecule has 0 fully saturated rings. The second-order valence-corrected chi connectivity index (χ2v) is 7.98. The molecule has 29 heavy (non-hydrogen) atoms. The molecule has 2 aromatic carbocycles. The Bertz CT molecular complexity index is 1160. The van der Waals surface area contributed by atoms with Gasteiger partial charge in [-0.25, -0.2) is 9.78 Å². The third kappa shape index (κ3) is 4.28. The molecule has 1 atom stereocenters. The number of rotatable bonds is 4. The standard InChI is InChI=1S/C20H19ClN4O3S/c1-11-14(21)8-6-10-16(11)25-18(27)13-7-4-5-9-15(13)23-20(25)29-12(2)17(26)24-19(28)22-3/h4-10,12H,1-3H3,(H2,22,24,26,28). The van der Waals surface area contributed by atoms with Crippen molar-refractivity contribution in [3.8, 4) is 5.69 Å². The number of hydrogen-bond donors (Lipinski definition) is 2. The Morgan fingerprint density at radius 2 is 1.90 bits per heavy atom. The summed E-state index contributed by atoms with van der Waals surface area (Å²) in [5.41, 5.74) is 1.57. The van der Waals surface area contributed by atoms with E-state index >= 15 is 0 Å². The van der Waals surface area contributed by atoms with Crippen LogP contribution in [-0.2, 0) is 4.79 Å². The number of halogens is 1. The molecule has 3 aromatic rings. The molecule has 2 N–H and O–H groups in total. The second-order valence-electron chi connectivity index (χ2n) is 6.26. The first-order chi connectivity index (χ1) is 13.8. The average Bonchev–Trinajstić information content (AvgIpc) is 2.70. The zero-order valence-electron chi connectivity index (χ0n) is 16.0. The summed E-state index contributed by atoms with van der Waals surface area (Å²) in [6.07, 6.45) is 0. The lowest BCUT2D eigenvalue weighted by Crippen LogP contribution is -2.41.